The van der Waals surface area contributed by atoms with Crippen LogP contribution in [0.5, 0.6) is 0 Å². The van der Waals surface area contributed by atoms with Crippen LogP contribution in [0.3, 0.4) is 0 Å². The summed E-state index contributed by atoms with van der Waals surface area (Å²) in [5, 5.41) is 18.1. The first-order chi connectivity index (χ1) is 12.7. The maximum Gasteiger partial charge on any atom is 0.315 e. The van der Waals surface area contributed by atoms with Crippen LogP contribution in [0.1, 0.15) is 13.3 Å². The Balaban J connectivity index is -0.000000434. The molecule has 0 unspecified atom stereocenters. The number of hydrogen-bond donors (Lipinski definition) is 6. The van der Waals surface area contributed by atoms with Gasteiger partial charge in [0.2, 0.25) is 0 Å². The highest BCUT2D eigenvalue weighted by atomic mass is 35.5. The molecule has 1 rings (SSSR count). The molecule has 1 aliphatic rings. The van der Waals surface area contributed by atoms with E-state index in [0.717, 1.165) is 13.0 Å². The van der Waals surface area contributed by atoms with E-state index in [9.17, 15) is 9.90 Å². The lowest BCUT2D eigenvalue weighted by Crippen LogP contribution is -2.50. The molecule has 9 heteroatoms. The molecule has 0 spiro atoms. The predicted molar refractivity (Wildman–Crippen MR) is 117 cm³/mol. The van der Waals surface area contributed by atoms with Crippen molar-refractivity contribution in [3.8, 4) is 24.2 Å². The van der Waals surface area contributed by atoms with Crippen LogP contribution < -0.4 is 27.8 Å². The zero-order valence-electron chi connectivity index (χ0n) is 16.9. The molecule has 1 heterocycles. The van der Waals surface area contributed by atoms with Crippen molar-refractivity contribution in [3.05, 3.63) is 37.0 Å². The highest BCUT2D eigenvalue weighted by Crippen LogP contribution is 2.02. The number of rotatable bonds is 3. The Morgan fingerprint density at radius 2 is 2.14 bits per heavy atom. The Labute approximate surface area is 173 Å². The Bertz CT molecular complexity index is 602. The third-order valence-corrected chi connectivity index (χ3v) is 3.22. The number of amides is 1. The second kappa shape index (κ2) is 19.0. The minimum atomic E-state index is -0.435. The number of nitrogens with one attached hydrogen (secondary N) is 3. The van der Waals surface area contributed by atoms with Gasteiger partial charge < -0.3 is 37.8 Å². The number of nitrogens with two attached hydrogens (primary N) is 1. The molecule has 0 bridgehead atoms. The molecular weight excluding hydrogens is 380 g/mol. The first-order valence-electron chi connectivity index (χ1n) is 8.11. The number of terminal acetylenes is 1. The van der Waals surface area contributed by atoms with Crippen LogP contribution in [0.4, 0.5) is 4.79 Å². The lowest BCUT2D eigenvalue weighted by Gasteiger charge is -2.27. The van der Waals surface area contributed by atoms with Crippen molar-refractivity contribution in [2.75, 3.05) is 27.2 Å². The molecule has 1 aliphatic heterocycles. The van der Waals surface area contributed by atoms with E-state index in [2.05, 4.69) is 46.9 Å². The van der Waals surface area contributed by atoms with Gasteiger partial charge in [-0.2, -0.15) is 0 Å². The molecule has 0 aliphatic carbocycles. The summed E-state index contributed by atoms with van der Waals surface area (Å²) < 4.78 is 0. The highest BCUT2D eigenvalue weighted by molar-refractivity contribution is 6.62. The Morgan fingerprint density at radius 1 is 1.57 bits per heavy atom. The average Bonchev–Trinajstić information content (AvgIpc) is 2.67. The van der Waals surface area contributed by atoms with Gasteiger partial charge in [0.25, 0.3) is 0 Å². The van der Waals surface area contributed by atoms with Crippen molar-refractivity contribution in [1.29, 1.82) is 0 Å². The van der Waals surface area contributed by atoms with Crippen molar-refractivity contribution in [2.24, 2.45) is 5.73 Å². The maximum atomic E-state index is 9.83. The molecule has 0 aromatic heterocycles. The summed E-state index contributed by atoms with van der Waals surface area (Å²) in [5.74, 6) is 8.16. The Kier molecular flexibility index (Phi) is 20.3. The molecule has 0 aromatic carbocycles. The monoisotopic (exact) mass is 412 g/mol. The molecule has 0 aromatic rings. The van der Waals surface area contributed by atoms with Crippen molar-refractivity contribution < 1.29 is 9.90 Å². The van der Waals surface area contributed by atoms with Crippen molar-refractivity contribution in [2.45, 2.75) is 25.4 Å². The van der Waals surface area contributed by atoms with Crippen LogP contribution in [0.25, 0.3) is 0 Å². The van der Waals surface area contributed by atoms with Gasteiger partial charge in [-0.3, -0.25) is 4.79 Å². The first-order valence-corrected chi connectivity index (χ1v) is 8.49. The molecule has 28 heavy (non-hydrogen) atoms. The largest absolute Gasteiger partial charge is 0.394 e. The van der Waals surface area contributed by atoms with Crippen molar-refractivity contribution >= 4 is 17.0 Å². The average molecular weight is 413 g/mol. The summed E-state index contributed by atoms with van der Waals surface area (Å²) in [6.07, 6.45) is 9.63. The number of carbonyl (C=O) groups excluding carboxylic acids is 1. The van der Waals surface area contributed by atoms with Gasteiger partial charge in [0.1, 0.15) is 0 Å². The minimum Gasteiger partial charge on any atom is -0.394 e. The van der Waals surface area contributed by atoms with Gasteiger partial charge in [-0.1, -0.05) is 31.2 Å². The summed E-state index contributed by atoms with van der Waals surface area (Å²) in [7, 11) is 3.19. The van der Waals surface area contributed by atoms with Gasteiger partial charge in [-0.25, -0.2) is 0 Å². The van der Waals surface area contributed by atoms with E-state index in [1.54, 1.807) is 21.0 Å². The Morgan fingerprint density at radius 3 is 2.50 bits per heavy atom. The first kappa shape index (κ1) is 30.0. The smallest absolute Gasteiger partial charge is 0.315 e. The number of aliphatic hydroxyl groups excluding tert-OH is 1. The predicted octanol–water partition coefficient (Wildman–Crippen LogP) is 1.06. The zero-order chi connectivity index (χ0) is 21.2. The van der Waals surface area contributed by atoms with Crippen LogP contribution in [0, 0.1) is 24.2 Å². The third kappa shape index (κ3) is 18.0. The normalized spacial score (nSPS) is 16.9. The molecule has 158 valence electrons. The fourth-order valence-electron chi connectivity index (χ4n) is 1.64. The number of carbonyl (C=O) groups is 1. The van der Waals surface area contributed by atoms with Crippen LogP contribution in [0.2, 0.25) is 0 Å². The van der Waals surface area contributed by atoms with Crippen molar-refractivity contribution in [3.63, 3.8) is 0 Å². The van der Waals surface area contributed by atoms with Crippen molar-refractivity contribution in [1.82, 2.24) is 27.0 Å². The van der Waals surface area contributed by atoms with E-state index in [-0.39, 0.29) is 24.8 Å². The molecule has 8 nitrogen and oxygen atoms in total. The van der Waals surface area contributed by atoms with Gasteiger partial charge in [0.05, 0.1) is 30.3 Å². The molecule has 0 saturated carbocycles. The minimum absolute atomic E-state index is 0. The van der Waals surface area contributed by atoms with Gasteiger partial charge >= 0.3 is 5.37 Å². The summed E-state index contributed by atoms with van der Waals surface area (Å²) in [5.41, 5.74) is 5.52. The molecule has 9 N–H and O–H groups in total. The second-order valence-corrected chi connectivity index (χ2v) is 5.74. The van der Waals surface area contributed by atoms with Crippen LogP contribution in [-0.4, -0.2) is 54.7 Å². The second-order valence-electron chi connectivity index (χ2n) is 5.42. The Hall–Kier alpha value is -2.78. The third-order valence-electron chi connectivity index (χ3n) is 2.88. The molecule has 0 saturated heterocycles. The fourth-order valence-corrected chi connectivity index (χ4v) is 1.64. The zero-order valence-corrected chi connectivity index (χ0v) is 17.6. The van der Waals surface area contributed by atoms with Gasteiger partial charge in [-0.05, 0) is 36.8 Å². The molecule has 2 atom stereocenters. The number of aliphatic hydroxyl groups is 1. The summed E-state index contributed by atoms with van der Waals surface area (Å²) in [6, 6.07) is -0.284. The lowest BCUT2D eigenvalue weighted by atomic mass is 10.1. The van der Waals surface area contributed by atoms with Crippen LogP contribution in [-0.2, 0) is 0 Å². The van der Waals surface area contributed by atoms with Crippen LogP contribution in [0.15, 0.2) is 37.0 Å². The fraction of sp³-hybridized carbons (Fsp3) is 0.421. The van der Waals surface area contributed by atoms with Crippen LogP contribution >= 0.6 is 11.6 Å². The number of halogens is 1. The van der Waals surface area contributed by atoms with E-state index in [1.807, 2.05) is 12.2 Å². The topological polar surface area (TPSA) is 138 Å². The molecule has 0 radical (unpaired) electrons. The maximum absolute atomic E-state index is 9.83. The standard InChI is InChI=1S/C11H20N4O.C5H4.C3H6ClNO.H3N/c1-8(12)14-10-5-3-4-6-13-9(2)15-11(10)7-16;1-3-5-4-2;1-5(2)3(4)6;/h3,5,10-11,13-16H,1-2,4,6-7,12H2;1H,2H3;1-2H3;1H3/t10-,11+;;;/m1.../s1. The molecule has 1 amide bonds. The summed E-state index contributed by atoms with van der Waals surface area (Å²) >= 11 is 4.90. The number of hydrogen-bond acceptors (Lipinski definition) is 7. The van der Waals surface area contributed by atoms with E-state index >= 15 is 0 Å². The van der Waals surface area contributed by atoms with E-state index in [4.69, 9.17) is 23.8 Å². The van der Waals surface area contributed by atoms with E-state index in [1.165, 1.54) is 4.90 Å². The van der Waals surface area contributed by atoms with Gasteiger partial charge in [-0.15, -0.1) is 6.42 Å². The SMILES string of the molecule is C#CC#CC.C=C(N)N[C@@H]1C=CCCNC(=C)N[C@H]1CO.CN(C)C(=O)Cl.N. The summed E-state index contributed by atoms with van der Waals surface area (Å²) in [6.45, 7) is 9.93. The van der Waals surface area contributed by atoms with Gasteiger partial charge in [0, 0.05) is 20.6 Å². The number of nitrogens with zero attached hydrogens (tertiary/aromatic N) is 1. The van der Waals surface area contributed by atoms with E-state index in [0.29, 0.717) is 11.6 Å². The molecular formula is C19H33ClN6O2. The highest BCUT2D eigenvalue weighted by Gasteiger charge is 2.19. The quantitative estimate of drug-likeness (QED) is 0.176. The molecule has 0 fully saturated rings. The van der Waals surface area contributed by atoms with Gasteiger partial charge in [0.15, 0.2) is 0 Å². The van der Waals surface area contributed by atoms with E-state index < -0.39 is 5.37 Å². The lowest BCUT2D eigenvalue weighted by molar-refractivity contribution is 0.232. The summed E-state index contributed by atoms with van der Waals surface area (Å²) in [4.78, 5) is 11.1.